The van der Waals surface area contributed by atoms with Gasteiger partial charge in [-0.05, 0) is 19.4 Å². The maximum absolute atomic E-state index is 11.8. The number of piperidine rings is 1. The van der Waals surface area contributed by atoms with Crippen LogP contribution in [0.2, 0.25) is 0 Å². The van der Waals surface area contributed by atoms with Gasteiger partial charge in [0.15, 0.2) is 0 Å². The molecule has 0 aliphatic carbocycles. The van der Waals surface area contributed by atoms with Crippen molar-refractivity contribution >= 4 is 10.0 Å². The average Bonchev–Trinajstić information content (AvgIpc) is 2.80. The molecule has 96 valence electrons. The highest BCUT2D eigenvalue weighted by Gasteiger charge is 2.20. The lowest BCUT2D eigenvalue weighted by Crippen LogP contribution is -2.42. The molecule has 1 saturated heterocycles. The lowest BCUT2D eigenvalue weighted by Gasteiger charge is -2.23. The Labute approximate surface area is 101 Å². The minimum Gasteiger partial charge on any atom is -0.364 e. The van der Waals surface area contributed by atoms with Crippen molar-refractivity contribution in [2.24, 2.45) is 0 Å². The van der Waals surface area contributed by atoms with Crippen LogP contribution in [0.15, 0.2) is 16.9 Å². The number of nitrogens with one attached hydrogen (secondary N) is 2. The van der Waals surface area contributed by atoms with Crippen LogP contribution in [0.3, 0.4) is 0 Å². The van der Waals surface area contributed by atoms with Crippen molar-refractivity contribution in [2.75, 3.05) is 12.3 Å². The van der Waals surface area contributed by atoms with Gasteiger partial charge in [-0.2, -0.15) is 0 Å². The van der Waals surface area contributed by atoms with E-state index in [-0.39, 0.29) is 18.3 Å². The smallest absolute Gasteiger partial charge is 0.213 e. The maximum Gasteiger partial charge on any atom is 0.213 e. The van der Waals surface area contributed by atoms with Crippen molar-refractivity contribution in [1.29, 1.82) is 0 Å². The maximum atomic E-state index is 11.8. The number of nitrogens with zero attached hydrogens (tertiary/aromatic N) is 1. The second-order valence-corrected chi connectivity index (χ2v) is 6.09. The molecule has 1 aromatic rings. The van der Waals surface area contributed by atoms with Crippen LogP contribution in [-0.4, -0.2) is 31.9 Å². The van der Waals surface area contributed by atoms with E-state index < -0.39 is 10.0 Å². The highest BCUT2D eigenvalue weighted by molar-refractivity contribution is 7.89. The van der Waals surface area contributed by atoms with Gasteiger partial charge in [0, 0.05) is 12.1 Å². The molecule has 0 radical (unpaired) electrons. The van der Waals surface area contributed by atoms with Crippen LogP contribution < -0.4 is 10.0 Å². The van der Waals surface area contributed by atoms with E-state index in [0.717, 1.165) is 25.8 Å². The van der Waals surface area contributed by atoms with Gasteiger partial charge in [0.25, 0.3) is 0 Å². The first-order valence-electron chi connectivity index (χ1n) is 5.76. The number of hydrogen-bond acceptors (Lipinski definition) is 5. The van der Waals surface area contributed by atoms with Crippen molar-refractivity contribution < 1.29 is 12.9 Å². The van der Waals surface area contributed by atoms with E-state index in [2.05, 4.69) is 19.7 Å². The van der Waals surface area contributed by atoms with E-state index in [4.69, 9.17) is 0 Å². The normalized spacial score (nSPS) is 21.5. The molecule has 7 heteroatoms. The van der Waals surface area contributed by atoms with Crippen LogP contribution in [-0.2, 0) is 16.6 Å². The number of sulfonamides is 1. The Hall–Kier alpha value is -0.920. The Morgan fingerprint density at radius 2 is 2.41 bits per heavy atom. The summed E-state index contributed by atoms with van der Waals surface area (Å²) in [7, 11) is -3.25. The lowest BCUT2D eigenvalue weighted by atomic mass is 10.1. The molecule has 1 unspecified atom stereocenters. The van der Waals surface area contributed by atoms with Gasteiger partial charge in [0.2, 0.25) is 10.0 Å². The number of hydrogen-bond donors (Lipinski definition) is 2. The fraction of sp³-hybridized carbons (Fsp3) is 0.700. The molecule has 0 bridgehead atoms. The zero-order valence-electron chi connectivity index (χ0n) is 9.55. The van der Waals surface area contributed by atoms with Crippen LogP contribution in [0.1, 0.15) is 25.0 Å². The number of rotatable bonds is 5. The van der Waals surface area contributed by atoms with Crippen molar-refractivity contribution in [3.63, 3.8) is 0 Å². The summed E-state index contributed by atoms with van der Waals surface area (Å²) in [4.78, 5) is 0. The third-order valence-electron chi connectivity index (χ3n) is 2.80. The summed E-state index contributed by atoms with van der Waals surface area (Å²) in [5.74, 6) is 0.130. The van der Waals surface area contributed by atoms with Crippen LogP contribution in [0, 0.1) is 0 Å². The summed E-state index contributed by atoms with van der Waals surface area (Å²) in [5, 5.41) is 6.86. The van der Waals surface area contributed by atoms with Crippen molar-refractivity contribution in [3.8, 4) is 0 Å². The zero-order valence-corrected chi connectivity index (χ0v) is 10.4. The second kappa shape index (κ2) is 5.61. The Morgan fingerprint density at radius 3 is 3.06 bits per heavy atom. The molecule has 0 saturated carbocycles. The molecule has 1 aromatic heterocycles. The summed E-state index contributed by atoms with van der Waals surface area (Å²) >= 11 is 0. The van der Waals surface area contributed by atoms with E-state index in [1.54, 1.807) is 6.07 Å². The molecule has 1 fully saturated rings. The van der Waals surface area contributed by atoms with Crippen molar-refractivity contribution in [2.45, 2.75) is 31.8 Å². The van der Waals surface area contributed by atoms with Crippen LogP contribution >= 0.6 is 0 Å². The van der Waals surface area contributed by atoms with E-state index in [1.165, 1.54) is 6.26 Å². The van der Waals surface area contributed by atoms with Gasteiger partial charge in [-0.1, -0.05) is 11.6 Å². The summed E-state index contributed by atoms with van der Waals surface area (Å²) in [6.45, 7) is 1.09. The third kappa shape index (κ3) is 4.10. The van der Waals surface area contributed by atoms with Gasteiger partial charge in [0.1, 0.15) is 6.26 Å². The molecule has 1 aliphatic heterocycles. The molecule has 0 amide bonds. The largest absolute Gasteiger partial charge is 0.364 e. The van der Waals surface area contributed by atoms with Gasteiger partial charge in [-0.15, -0.1) is 0 Å². The summed E-state index contributed by atoms with van der Waals surface area (Å²) in [6, 6.07) is 1.71. The number of aromatic nitrogens is 1. The third-order valence-corrected chi connectivity index (χ3v) is 4.22. The van der Waals surface area contributed by atoms with E-state index in [0.29, 0.717) is 5.69 Å². The van der Waals surface area contributed by atoms with Crippen LogP contribution in [0.25, 0.3) is 0 Å². The van der Waals surface area contributed by atoms with E-state index in [9.17, 15) is 8.42 Å². The molecular formula is C10H17N3O3S. The monoisotopic (exact) mass is 259 g/mol. The topological polar surface area (TPSA) is 84.2 Å². The quantitative estimate of drug-likeness (QED) is 0.791. The Kier molecular flexibility index (Phi) is 4.14. The molecule has 1 atom stereocenters. The Morgan fingerprint density at radius 1 is 1.53 bits per heavy atom. The van der Waals surface area contributed by atoms with Gasteiger partial charge in [-0.3, -0.25) is 0 Å². The minimum atomic E-state index is -3.25. The molecule has 0 aromatic carbocycles. The Bertz CT molecular complexity index is 424. The van der Waals surface area contributed by atoms with Gasteiger partial charge < -0.3 is 9.84 Å². The van der Waals surface area contributed by atoms with Gasteiger partial charge in [0.05, 0.1) is 18.0 Å². The molecular weight excluding hydrogens is 242 g/mol. The van der Waals surface area contributed by atoms with E-state index >= 15 is 0 Å². The van der Waals surface area contributed by atoms with Crippen LogP contribution in [0.4, 0.5) is 0 Å². The van der Waals surface area contributed by atoms with Gasteiger partial charge in [-0.25, -0.2) is 13.1 Å². The fourth-order valence-corrected chi connectivity index (χ4v) is 3.20. The highest BCUT2D eigenvalue weighted by Crippen LogP contribution is 2.08. The highest BCUT2D eigenvalue weighted by atomic mass is 32.2. The average molecular weight is 259 g/mol. The van der Waals surface area contributed by atoms with Crippen LogP contribution in [0.5, 0.6) is 0 Å². The predicted molar refractivity (Wildman–Crippen MR) is 62.8 cm³/mol. The summed E-state index contributed by atoms with van der Waals surface area (Å²) in [5.41, 5.74) is 0.588. The molecule has 2 heterocycles. The Balaban J connectivity index is 1.81. The molecule has 2 N–H and O–H groups in total. The van der Waals surface area contributed by atoms with Crippen molar-refractivity contribution in [3.05, 3.63) is 18.0 Å². The first-order valence-corrected chi connectivity index (χ1v) is 7.41. The van der Waals surface area contributed by atoms with Gasteiger partial charge >= 0.3 is 0 Å². The van der Waals surface area contributed by atoms with E-state index in [1.807, 2.05) is 0 Å². The first-order chi connectivity index (χ1) is 8.16. The minimum absolute atomic E-state index is 0.0681. The fourth-order valence-electron chi connectivity index (χ4n) is 1.90. The second-order valence-electron chi connectivity index (χ2n) is 4.24. The van der Waals surface area contributed by atoms with Crippen molar-refractivity contribution in [1.82, 2.24) is 15.2 Å². The summed E-state index contributed by atoms with van der Waals surface area (Å²) < 4.78 is 30.7. The molecule has 17 heavy (non-hydrogen) atoms. The standard InChI is InChI=1S/C10H17N3O3S/c14-17(15,8-10-3-1-2-5-11-10)12-7-9-4-6-16-13-9/h4,6,10-12H,1-3,5,7-8H2. The predicted octanol–water partition coefficient (Wildman–Crippen LogP) is 0.236. The molecule has 1 aliphatic rings. The molecule has 0 spiro atoms. The lowest BCUT2D eigenvalue weighted by molar-refractivity contribution is 0.410. The summed E-state index contributed by atoms with van der Waals surface area (Å²) in [6.07, 6.45) is 4.57. The molecule has 6 nitrogen and oxygen atoms in total. The SMILES string of the molecule is O=S(=O)(CC1CCCCN1)NCc1ccon1. The molecule has 2 rings (SSSR count). The zero-order chi connectivity index (χ0) is 12.1. The first kappa shape index (κ1) is 12.5.